The normalized spacial score (nSPS) is 11.6. The van der Waals surface area contributed by atoms with Gasteiger partial charge in [-0.15, -0.1) is 0 Å². The molecule has 1 N–H and O–H groups in total. The molecule has 0 aromatic heterocycles. The summed E-state index contributed by atoms with van der Waals surface area (Å²) in [5, 5.41) is 8.91. The highest BCUT2D eigenvalue weighted by Gasteiger charge is 2.25. The number of benzene rings is 1. The van der Waals surface area contributed by atoms with E-state index in [4.69, 9.17) is 21.4 Å². The van der Waals surface area contributed by atoms with Crippen LogP contribution in [-0.2, 0) is 14.8 Å². The predicted molar refractivity (Wildman–Crippen MR) is 74.7 cm³/mol. The van der Waals surface area contributed by atoms with Crippen LogP contribution < -0.4 is 4.74 Å². The van der Waals surface area contributed by atoms with E-state index in [2.05, 4.69) is 0 Å². The molecule has 1 aromatic carbocycles. The van der Waals surface area contributed by atoms with E-state index in [-0.39, 0.29) is 16.5 Å². The summed E-state index contributed by atoms with van der Waals surface area (Å²) in [6, 6.07) is 4.05. The molecule has 0 spiro atoms. The van der Waals surface area contributed by atoms with Gasteiger partial charge in [-0.25, -0.2) is 8.42 Å². The first-order valence-electron chi connectivity index (χ1n) is 5.97. The van der Waals surface area contributed by atoms with E-state index in [1.54, 1.807) is 13.8 Å². The molecule has 0 aliphatic heterocycles. The highest BCUT2D eigenvalue weighted by molar-refractivity contribution is 7.89. The van der Waals surface area contributed by atoms with Crippen LogP contribution in [0.1, 0.15) is 13.8 Å². The first-order chi connectivity index (χ1) is 9.32. The third kappa shape index (κ3) is 3.84. The Morgan fingerprint density at radius 3 is 2.50 bits per heavy atom. The molecule has 1 aromatic rings. The van der Waals surface area contributed by atoms with Crippen LogP contribution in [0.15, 0.2) is 23.1 Å². The maximum Gasteiger partial charge on any atom is 0.318 e. The first-order valence-corrected chi connectivity index (χ1v) is 7.79. The predicted octanol–water partition coefficient (Wildman–Crippen LogP) is 1.83. The highest BCUT2D eigenvalue weighted by Crippen LogP contribution is 2.28. The quantitative estimate of drug-likeness (QED) is 0.828. The Bertz CT molecular complexity index is 588. The number of carbonyl (C=O) groups is 1. The van der Waals surface area contributed by atoms with Gasteiger partial charge in [0.1, 0.15) is 12.3 Å². The fraction of sp³-hybridized carbons (Fsp3) is 0.417. The van der Waals surface area contributed by atoms with Gasteiger partial charge in [0, 0.05) is 6.54 Å². The Labute approximate surface area is 123 Å². The Kier molecular flexibility index (Phi) is 5.79. The topological polar surface area (TPSA) is 83.9 Å². The van der Waals surface area contributed by atoms with E-state index in [0.717, 1.165) is 4.31 Å². The summed E-state index contributed by atoms with van der Waals surface area (Å²) in [6.07, 6.45) is 0. The fourth-order valence-electron chi connectivity index (χ4n) is 1.58. The van der Waals surface area contributed by atoms with Crippen LogP contribution in [0.2, 0.25) is 5.02 Å². The van der Waals surface area contributed by atoms with Crippen LogP contribution in [0.4, 0.5) is 0 Å². The maximum atomic E-state index is 12.3. The minimum atomic E-state index is -3.89. The van der Waals surface area contributed by atoms with Gasteiger partial charge in [-0.2, -0.15) is 4.31 Å². The number of halogens is 1. The third-order valence-corrected chi connectivity index (χ3v) is 4.72. The van der Waals surface area contributed by atoms with E-state index >= 15 is 0 Å². The van der Waals surface area contributed by atoms with Gasteiger partial charge >= 0.3 is 5.97 Å². The SMILES string of the molecule is CCOc1ccc(S(=O)(=O)N(CC)CC(=O)O)cc1Cl. The molecule has 0 saturated carbocycles. The minimum Gasteiger partial charge on any atom is -0.492 e. The summed E-state index contributed by atoms with van der Waals surface area (Å²) >= 11 is 5.94. The van der Waals surface area contributed by atoms with E-state index in [1.165, 1.54) is 18.2 Å². The molecule has 0 atom stereocenters. The Balaban J connectivity index is 3.14. The van der Waals surface area contributed by atoms with E-state index in [1.807, 2.05) is 0 Å². The number of likely N-dealkylation sites (N-methyl/N-ethyl adjacent to an activating group) is 1. The van der Waals surface area contributed by atoms with Crippen LogP contribution >= 0.6 is 11.6 Å². The maximum absolute atomic E-state index is 12.3. The largest absolute Gasteiger partial charge is 0.492 e. The lowest BCUT2D eigenvalue weighted by Gasteiger charge is -2.18. The number of hydrogen-bond donors (Lipinski definition) is 1. The summed E-state index contributed by atoms with van der Waals surface area (Å²) in [7, 11) is -3.89. The molecular weight excluding hydrogens is 306 g/mol. The molecule has 0 heterocycles. The van der Waals surface area contributed by atoms with Crippen LogP contribution in [0.25, 0.3) is 0 Å². The smallest absolute Gasteiger partial charge is 0.318 e. The summed E-state index contributed by atoms with van der Waals surface area (Å²) < 4.78 is 30.7. The van der Waals surface area contributed by atoms with E-state index in [0.29, 0.717) is 12.4 Å². The minimum absolute atomic E-state index is 0.0550. The molecule has 0 amide bonds. The molecule has 0 aliphatic carbocycles. The van der Waals surface area contributed by atoms with Crippen molar-refractivity contribution in [3.8, 4) is 5.75 Å². The van der Waals surface area contributed by atoms with Crippen molar-refractivity contribution < 1.29 is 23.1 Å². The zero-order valence-corrected chi connectivity index (χ0v) is 12.7. The van der Waals surface area contributed by atoms with Gasteiger partial charge in [-0.1, -0.05) is 18.5 Å². The van der Waals surface area contributed by atoms with Crippen LogP contribution in [0, 0.1) is 0 Å². The Morgan fingerprint density at radius 2 is 2.05 bits per heavy atom. The highest BCUT2D eigenvalue weighted by atomic mass is 35.5. The number of carboxylic acid groups (broad SMARTS) is 1. The van der Waals surface area contributed by atoms with Crippen LogP contribution in [0.3, 0.4) is 0 Å². The standard InChI is InChI=1S/C12H16ClNO5S/c1-3-14(8-12(15)16)20(17,18)9-5-6-11(19-4-2)10(13)7-9/h5-7H,3-4,8H2,1-2H3,(H,15,16). The number of rotatable bonds is 7. The van der Waals surface area contributed by atoms with Crippen molar-refractivity contribution >= 4 is 27.6 Å². The number of sulfonamides is 1. The second-order valence-electron chi connectivity index (χ2n) is 3.85. The van der Waals surface area contributed by atoms with Gasteiger partial charge in [0.2, 0.25) is 10.0 Å². The third-order valence-electron chi connectivity index (χ3n) is 2.51. The molecule has 0 unspecified atom stereocenters. The molecule has 0 saturated heterocycles. The molecule has 0 aliphatic rings. The molecule has 20 heavy (non-hydrogen) atoms. The first kappa shape index (κ1) is 16.7. The zero-order chi connectivity index (χ0) is 15.3. The monoisotopic (exact) mass is 321 g/mol. The van der Waals surface area contributed by atoms with Crippen molar-refractivity contribution in [1.82, 2.24) is 4.31 Å². The average molecular weight is 322 g/mol. The van der Waals surface area contributed by atoms with Gasteiger partial charge < -0.3 is 9.84 Å². The molecule has 8 heteroatoms. The van der Waals surface area contributed by atoms with E-state index < -0.39 is 22.5 Å². The van der Waals surface area contributed by atoms with Gasteiger partial charge in [-0.3, -0.25) is 4.79 Å². The Hall–Kier alpha value is -1.31. The molecule has 6 nitrogen and oxygen atoms in total. The van der Waals surface area contributed by atoms with Gasteiger partial charge in [-0.05, 0) is 25.1 Å². The molecule has 0 radical (unpaired) electrons. The molecular formula is C12H16ClNO5S. The second kappa shape index (κ2) is 6.92. The van der Waals surface area contributed by atoms with Gasteiger partial charge in [0.25, 0.3) is 0 Å². The summed E-state index contributed by atoms with van der Waals surface area (Å²) in [4.78, 5) is 10.6. The molecule has 0 fully saturated rings. The van der Waals surface area contributed by atoms with Crippen LogP contribution in [-0.4, -0.2) is 43.5 Å². The fourth-order valence-corrected chi connectivity index (χ4v) is 3.31. The lowest BCUT2D eigenvalue weighted by molar-refractivity contribution is -0.137. The van der Waals surface area contributed by atoms with E-state index in [9.17, 15) is 13.2 Å². The van der Waals surface area contributed by atoms with Gasteiger partial charge in [0.05, 0.1) is 16.5 Å². The van der Waals surface area contributed by atoms with Crippen LogP contribution in [0.5, 0.6) is 5.75 Å². The lowest BCUT2D eigenvalue weighted by atomic mass is 10.3. The van der Waals surface area contributed by atoms with Crippen molar-refractivity contribution in [3.63, 3.8) is 0 Å². The number of hydrogen-bond acceptors (Lipinski definition) is 4. The van der Waals surface area contributed by atoms with Gasteiger partial charge in [0.15, 0.2) is 0 Å². The number of ether oxygens (including phenoxy) is 1. The summed E-state index contributed by atoms with van der Waals surface area (Å²) in [5.74, 6) is -0.832. The Morgan fingerprint density at radius 1 is 1.40 bits per heavy atom. The molecule has 112 valence electrons. The van der Waals surface area contributed by atoms with Crippen molar-refractivity contribution in [2.45, 2.75) is 18.7 Å². The van der Waals surface area contributed by atoms with Crippen molar-refractivity contribution in [2.75, 3.05) is 19.7 Å². The van der Waals surface area contributed by atoms with Crippen molar-refractivity contribution in [1.29, 1.82) is 0 Å². The molecule has 1 rings (SSSR count). The number of nitrogens with zero attached hydrogens (tertiary/aromatic N) is 1. The summed E-state index contributed by atoms with van der Waals surface area (Å²) in [6.45, 7) is 3.22. The summed E-state index contributed by atoms with van der Waals surface area (Å²) in [5.41, 5.74) is 0. The molecule has 0 bridgehead atoms. The van der Waals surface area contributed by atoms with Crippen molar-refractivity contribution in [3.05, 3.63) is 23.2 Å². The lowest BCUT2D eigenvalue weighted by Crippen LogP contribution is -2.35. The van der Waals surface area contributed by atoms with Crippen molar-refractivity contribution in [2.24, 2.45) is 0 Å². The number of aliphatic carboxylic acids is 1. The average Bonchev–Trinajstić information content (AvgIpc) is 2.38. The number of carboxylic acids is 1. The zero-order valence-electron chi connectivity index (χ0n) is 11.2. The second-order valence-corrected chi connectivity index (χ2v) is 6.20.